The minimum Gasteiger partial charge on any atom is -0.496 e. The molecule has 0 saturated heterocycles. The van der Waals surface area contributed by atoms with Crippen molar-refractivity contribution in [1.82, 2.24) is 19.1 Å². The molecule has 0 radical (unpaired) electrons. The Balaban J connectivity index is 0.875. The van der Waals surface area contributed by atoms with E-state index in [9.17, 15) is 0 Å². The summed E-state index contributed by atoms with van der Waals surface area (Å²) in [6, 6.07) is 76.8. The van der Waals surface area contributed by atoms with Gasteiger partial charge in [0.2, 0.25) is 0 Å². The Labute approximate surface area is 408 Å². The number of methoxy groups -OCH3 is 1. The van der Waals surface area contributed by atoms with Crippen molar-refractivity contribution in [2.45, 2.75) is 0 Å². The number of furan rings is 1. The van der Waals surface area contributed by atoms with E-state index >= 15 is 0 Å². The van der Waals surface area contributed by atoms with Gasteiger partial charge in [0.05, 0.1) is 29.2 Å². The number of pyridine rings is 2. The highest BCUT2D eigenvalue weighted by Gasteiger charge is 2.18. The van der Waals surface area contributed by atoms with Crippen LogP contribution in [0.4, 0.5) is 0 Å². The number of fused-ring (bicyclic) bond motifs is 9. The average Bonchev–Trinajstić information content (AvgIpc) is 4.10. The second kappa shape index (κ2) is 16.3. The zero-order valence-electron chi connectivity index (χ0n) is 38.6. The van der Waals surface area contributed by atoms with Crippen LogP contribution in [0.1, 0.15) is 0 Å². The van der Waals surface area contributed by atoms with Crippen molar-refractivity contribution >= 4 is 65.6 Å². The fraction of sp³-hybridized carbons (Fsp3) is 0.0154. The number of nitrogens with zero attached hydrogens (tertiary/aromatic N) is 4. The van der Waals surface area contributed by atoms with Crippen LogP contribution in [0.15, 0.2) is 242 Å². The van der Waals surface area contributed by atoms with Gasteiger partial charge in [-0.3, -0.25) is 9.97 Å². The van der Waals surface area contributed by atoms with Gasteiger partial charge in [0, 0.05) is 74.0 Å². The molecule has 6 nitrogen and oxygen atoms in total. The number of benzene rings is 9. The van der Waals surface area contributed by atoms with Gasteiger partial charge in [-0.2, -0.15) is 0 Å². The van der Waals surface area contributed by atoms with Crippen LogP contribution in [0, 0.1) is 0 Å². The van der Waals surface area contributed by atoms with Gasteiger partial charge in [0.15, 0.2) is 0 Å². The zero-order chi connectivity index (χ0) is 47.0. The van der Waals surface area contributed by atoms with Crippen molar-refractivity contribution in [3.05, 3.63) is 237 Å². The van der Waals surface area contributed by atoms with Gasteiger partial charge < -0.3 is 18.3 Å². The van der Waals surface area contributed by atoms with Gasteiger partial charge in [-0.25, -0.2) is 0 Å². The van der Waals surface area contributed by atoms with Crippen molar-refractivity contribution < 1.29 is 9.15 Å². The molecule has 0 bridgehead atoms. The van der Waals surface area contributed by atoms with Crippen LogP contribution in [0.3, 0.4) is 0 Å². The van der Waals surface area contributed by atoms with Crippen LogP contribution in [0.2, 0.25) is 0 Å². The third-order valence-corrected chi connectivity index (χ3v) is 14.2. The molecule has 0 spiro atoms. The summed E-state index contributed by atoms with van der Waals surface area (Å²) in [4.78, 5) is 8.70. The number of hydrogen-bond donors (Lipinski definition) is 0. The fourth-order valence-corrected chi connectivity index (χ4v) is 10.8. The molecule has 0 unspecified atom stereocenters. The molecule has 71 heavy (non-hydrogen) atoms. The second-order valence-corrected chi connectivity index (χ2v) is 18.2. The molecule has 334 valence electrons. The average molecular weight is 911 g/mol. The Morgan fingerprint density at radius 3 is 1.34 bits per heavy atom. The van der Waals surface area contributed by atoms with Crippen LogP contribution in [0.25, 0.3) is 133 Å². The Bertz CT molecular complexity index is 4380. The van der Waals surface area contributed by atoms with E-state index in [1.165, 1.54) is 21.5 Å². The maximum Gasteiger partial charge on any atom is 0.138 e. The highest BCUT2D eigenvalue weighted by molar-refractivity contribution is 6.13. The van der Waals surface area contributed by atoms with E-state index in [0.717, 1.165) is 117 Å². The molecule has 0 fully saturated rings. The minimum atomic E-state index is 0.805. The lowest BCUT2D eigenvalue weighted by Crippen LogP contribution is -1.93. The third kappa shape index (κ3) is 6.72. The second-order valence-electron chi connectivity index (χ2n) is 18.2. The van der Waals surface area contributed by atoms with Gasteiger partial charge in [-0.15, -0.1) is 0 Å². The summed E-state index contributed by atoms with van der Waals surface area (Å²) >= 11 is 0. The van der Waals surface area contributed by atoms with Gasteiger partial charge in [0.25, 0.3) is 0 Å². The molecule has 9 aromatic carbocycles. The van der Waals surface area contributed by atoms with Crippen molar-refractivity contribution in [2.75, 3.05) is 7.11 Å². The number of para-hydroxylation sites is 2. The van der Waals surface area contributed by atoms with Gasteiger partial charge in [-0.1, -0.05) is 109 Å². The normalized spacial score (nSPS) is 11.7. The van der Waals surface area contributed by atoms with Crippen LogP contribution in [0.5, 0.6) is 5.75 Å². The molecular weight excluding hydrogens is 869 g/mol. The molecule has 0 aliphatic heterocycles. The monoisotopic (exact) mass is 910 g/mol. The first-order chi connectivity index (χ1) is 35.1. The largest absolute Gasteiger partial charge is 0.496 e. The number of ether oxygens (including phenoxy) is 1. The number of hydrogen-bond acceptors (Lipinski definition) is 4. The van der Waals surface area contributed by atoms with Gasteiger partial charge in [-0.05, 0) is 153 Å². The SMILES string of the molecule is COc1ccncc1-c1ccc(-c2ccc3c(c2)c2cc(-c4cccc(-c5ccc6c(c5)c5cc(-c7ccc8c(c7)oc7ccncc78)ccc5n6-c5ccccc5)c4)ccc2n3-c2ccccc2)cc1. The molecular formula is C65H42N4O2. The van der Waals surface area contributed by atoms with E-state index in [4.69, 9.17) is 9.15 Å². The summed E-state index contributed by atoms with van der Waals surface area (Å²) in [6.45, 7) is 0. The smallest absolute Gasteiger partial charge is 0.138 e. The molecule has 5 aromatic heterocycles. The van der Waals surface area contributed by atoms with E-state index in [1.54, 1.807) is 19.5 Å². The van der Waals surface area contributed by atoms with Crippen molar-refractivity contribution in [3.8, 4) is 72.8 Å². The molecule has 14 rings (SSSR count). The molecule has 14 aromatic rings. The molecule has 0 aliphatic rings. The molecule has 0 amide bonds. The Kier molecular flexibility index (Phi) is 9.32. The summed E-state index contributed by atoms with van der Waals surface area (Å²) in [5, 5.41) is 6.89. The molecule has 6 heteroatoms. The maximum atomic E-state index is 6.29. The first-order valence-corrected chi connectivity index (χ1v) is 23.9. The van der Waals surface area contributed by atoms with E-state index in [-0.39, 0.29) is 0 Å². The first-order valence-electron chi connectivity index (χ1n) is 23.9. The molecule has 0 atom stereocenters. The van der Waals surface area contributed by atoms with Gasteiger partial charge in [0.1, 0.15) is 16.9 Å². The van der Waals surface area contributed by atoms with E-state index in [1.807, 2.05) is 24.5 Å². The molecule has 0 aliphatic carbocycles. The fourth-order valence-electron chi connectivity index (χ4n) is 10.8. The highest BCUT2D eigenvalue weighted by atomic mass is 16.5. The Hall–Kier alpha value is -9.52. The summed E-state index contributed by atoms with van der Waals surface area (Å²) in [6.07, 6.45) is 7.27. The highest BCUT2D eigenvalue weighted by Crippen LogP contribution is 2.41. The Morgan fingerprint density at radius 1 is 0.338 bits per heavy atom. The predicted octanol–water partition coefficient (Wildman–Crippen LogP) is 16.9. The summed E-state index contributed by atoms with van der Waals surface area (Å²) in [5.41, 5.74) is 19.8. The number of aromatic nitrogens is 4. The third-order valence-electron chi connectivity index (χ3n) is 14.2. The summed E-state index contributed by atoms with van der Waals surface area (Å²) in [7, 11) is 1.70. The first kappa shape index (κ1) is 40.5. The molecule has 0 saturated carbocycles. The predicted molar refractivity (Wildman–Crippen MR) is 292 cm³/mol. The summed E-state index contributed by atoms with van der Waals surface area (Å²) < 4.78 is 16.7. The van der Waals surface area contributed by atoms with E-state index in [2.05, 4.69) is 219 Å². The lowest BCUT2D eigenvalue weighted by molar-refractivity contribution is 0.416. The standard InChI is InChI=1S/C65H42N4O2/c1-70-63-29-31-66-39-57(63)42-17-15-41(16-18-42)45-20-25-59-53(34-45)54-35-46(21-26-60(54)68(59)50-11-4-2-5-12-50)43-9-8-10-44(33-43)47-22-27-61-55(36-47)56-37-48(23-28-62(56)69(61)51-13-6-3-7-14-51)49-19-24-52-58-40-67-32-30-64(58)71-65(52)38-49/h2-40H,1H3. The molecule has 5 heterocycles. The van der Waals surface area contributed by atoms with Crippen LogP contribution < -0.4 is 4.74 Å². The Morgan fingerprint density at radius 2 is 0.789 bits per heavy atom. The number of rotatable bonds is 8. The topological polar surface area (TPSA) is 58.0 Å². The lowest BCUT2D eigenvalue weighted by atomic mass is 9.96. The van der Waals surface area contributed by atoms with E-state index in [0.29, 0.717) is 0 Å². The van der Waals surface area contributed by atoms with Crippen LogP contribution in [-0.4, -0.2) is 26.2 Å². The van der Waals surface area contributed by atoms with Crippen molar-refractivity contribution in [1.29, 1.82) is 0 Å². The lowest BCUT2D eigenvalue weighted by Gasteiger charge is -2.10. The van der Waals surface area contributed by atoms with Crippen molar-refractivity contribution in [3.63, 3.8) is 0 Å². The molecule has 0 N–H and O–H groups in total. The van der Waals surface area contributed by atoms with Gasteiger partial charge >= 0.3 is 0 Å². The van der Waals surface area contributed by atoms with Crippen molar-refractivity contribution in [2.24, 2.45) is 0 Å². The van der Waals surface area contributed by atoms with Crippen LogP contribution in [-0.2, 0) is 0 Å². The maximum absolute atomic E-state index is 6.29. The summed E-state index contributed by atoms with van der Waals surface area (Å²) in [5.74, 6) is 0.805. The van der Waals surface area contributed by atoms with E-state index < -0.39 is 0 Å². The quantitative estimate of drug-likeness (QED) is 0.152. The minimum absolute atomic E-state index is 0.805. The zero-order valence-corrected chi connectivity index (χ0v) is 38.6. The van der Waals surface area contributed by atoms with Crippen LogP contribution >= 0.6 is 0 Å².